The summed E-state index contributed by atoms with van der Waals surface area (Å²) in [5.41, 5.74) is 1.90. The van der Waals surface area contributed by atoms with Gasteiger partial charge < -0.3 is 10.6 Å². The normalized spacial score (nSPS) is 10.7. The summed E-state index contributed by atoms with van der Waals surface area (Å²) >= 11 is 7.40. The molecule has 122 valence electrons. The Balaban J connectivity index is 2.16. The highest BCUT2D eigenvalue weighted by Crippen LogP contribution is 2.27. The molecule has 2 N–H and O–H groups in total. The molecule has 1 aromatic heterocycles. The highest BCUT2D eigenvalue weighted by atomic mass is 35.5. The first-order valence-corrected chi connectivity index (χ1v) is 8.52. The van der Waals surface area contributed by atoms with Crippen LogP contribution in [0.3, 0.4) is 0 Å². The van der Waals surface area contributed by atoms with Crippen LogP contribution in [0, 0.1) is 0 Å². The van der Waals surface area contributed by atoms with E-state index in [-0.39, 0.29) is 17.7 Å². The van der Waals surface area contributed by atoms with Crippen LogP contribution in [0.5, 0.6) is 0 Å². The van der Waals surface area contributed by atoms with Gasteiger partial charge in [-0.1, -0.05) is 32.4 Å². The Labute approximate surface area is 144 Å². The molecule has 0 radical (unpaired) electrons. The summed E-state index contributed by atoms with van der Waals surface area (Å²) in [6.07, 6.45) is 0.376. The van der Waals surface area contributed by atoms with Crippen molar-refractivity contribution in [2.75, 3.05) is 10.6 Å². The topological polar surface area (TPSA) is 71.1 Å². The second kappa shape index (κ2) is 7.57. The van der Waals surface area contributed by atoms with Gasteiger partial charge in [0, 0.05) is 17.5 Å². The molecule has 0 unspecified atom stereocenters. The van der Waals surface area contributed by atoms with Gasteiger partial charge in [-0.25, -0.2) is 4.98 Å². The zero-order valence-corrected chi connectivity index (χ0v) is 14.7. The van der Waals surface area contributed by atoms with Gasteiger partial charge in [-0.2, -0.15) is 0 Å². The van der Waals surface area contributed by atoms with E-state index in [4.69, 9.17) is 11.6 Å². The molecule has 0 fully saturated rings. The van der Waals surface area contributed by atoms with E-state index in [1.807, 2.05) is 19.2 Å². The van der Waals surface area contributed by atoms with E-state index in [1.54, 1.807) is 25.1 Å². The second-order valence-corrected chi connectivity index (χ2v) is 6.55. The van der Waals surface area contributed by atoms with Crippen molar-refractivity contribution in [3.63, 3.8) is 0 Å². The summed E-state index contributed by atoms with van der Waals surface area (Å²) in [5.74, 6) is -0.155. The number of amides is 2. The number of nitrogens with zero attached hydrogens (tertiary/aromatic N) is 1. The van der Waals surface area contributed by atoms with Gasteiger partial charge in [-0.05, 0) is 24.1 Å². The van der Waals surface area contributed by atoms with Crippen molar-refractivity contribution in [3.05, 3.63) is 39.3 Å². The van der Waals surface area contributed by atoms with Gasteiger partial charge in [-0.3, -0.25) is 9.59 Å². The molecule has 2 aromatic rings. The molecular weight excluding hydrogens is 334 g/mol. The van der Waals surface area contributed by atoms with E-state index in [0.717, 1.165) is 5.69 Å². The minimum Gasteiger partial charge on any atom is -0.326 e. The molecule has 0 atom stereocenters. The Hall–Kier alpha value is -1.92. The minimum atomic E-state index is -0.317. The van der Waals surface area contributed by atoms with E-state index in [0.29, 0.717) is 27.8 Å². The van der Waals surface area contributed by atoms with Gasteiger partial charge in [0.25, 0.3) is 5.91 Å². The quantitative estimate of drug-likeness (QED) is 0.831. The Kier molecular flexibility index (Phi) is 5.74. The summed E-state index contributed by atoms with van der Waals surface area (Å²) < 4.78 is 0. The third kappa shape index (κ3) is 4.53. The zero-order chi connectivity index (χ0) is 17.0. The molecule has 1 aromatic carbocycles. The highest BCUT2D eigenvalue weighted by Gasteiger charge is 2.15. The maximum atomic E-state index is 12.3. The lowest BCUT2D eigenvalue weighted by molar-refractivity contribution is -0.115. The Morgan fingerprint density at radius 2 is 2.04 bits per heavy atom. The molecule has 0 bridgehead atoms. The first-order chi connectivity index (χ1) is 10.9. The zero-order valence-electron chi connectivity index (χ0n) is 13.1. The largest absolute Gasteiger partial charge is 0.326 e. The van der Waals surface area contributed by atoms with E-state index < -0.39 is 0 Å². The number of benzene rings is 1. The summed E-state index contributed by atoms with van der Waals surface area (Å²) in [7, 11) is 0. The molecule has 0 aliphatic heterocycles. The van der Waals surface area contributed by atoms with Crippen LogP contribution in [0.2, 0.25) is 5.02 Å². The summed E-state index contributed by atoms with van der Waals surface area (Å²) in [4.78, 5) is 28.0. The lowest BCUT2D eigenvalue weighted by Crippen LogP contribution is -2.13. The number of nitrogens with one attached hydrogen (secondary N) is 2. The fraction of sp³-hybridized carbons (Fsp3) is 0.312. The van der Waals surface area contributed by atoms with Gasteiger partial charge in [0.15, 0.2) is 5.01 Å². The molecule has 0 saturated heterocycles. The average molecular weight is 352 g/mol. The van der Waals surface area contributed by atoms with Crippen molar-refractivity contribution in [2.24, 2.45) is 0 Å². The molecule has 7 heteroatoms. The van der Waals surface area contributed by atoms with Gasteiger partial charge in [0.1, 0.15) is 0 Å². The van der Waals surface area contributed by atoms with Crippen LogP contribution >= 0.6 is 22.9 Å². The Morgan fingerprint density at radius 3 is 2.65 bits per heavy atom. The molecule has 23 heavy (non-hydrogen) atoms. The van der Waals surface area contributed by atoms with Crippen LogP contribution < -0.4 is 10.6 Å². The Bertz CT molecular complexity index is 728. The second-order valence-electron chi connectivity index (χ2n) is 5.28. The molecular formula is C16H18ClN3O2S. The van der Waals surface area contributed by atoms with Gasteiger partial charge in [0.05, 0.1) is 16.4 Å². The predicted molar refractivity (Wildman–Crippen MR) is 94.5 cm³/mol. The van der Waals surface area contributed by atoms with Crippen molar-refractivity contribution >= 4 is 46.1 Å². The molecule has 2 amide bonds. The molecule has 1 heterocycles. The van der Waals surface area contributed by atoms with E-state index in [9.17, 15) is 9.59 Å². The molecule has 5 nitrogen and oxygen atoms in total. The van der Waals surface area contributed by atoms with E-state index in [2.05, 4.69) is 15.6 Å². The van der Waals surface area contributed by atoms with Crippen molar-refractivity contribution in [1.29, 1.82) is 0 Å². The summed E-state index contributed by atoms with van der Waals surface area (Å²) in [6.45, 7) is 5.81. The van der Waals surface area contributed by atoms with Crippen LogP contribution in [-0.2, 0) is 4.79 Å². The molecule has 0 saturated carbocycles. The van der Waals surface area contributed by atoms with E-state index in [1.165, 1.54) is 11.3 Å². The minimum absolute atomic E-state index is 0.105. The van der Waals surface area contributed by atoms with Crippen molar-refractivity contribution < 1.29 is 9.59 Å². The molecule has 0 spiro atoms. The summed E-state index contributed by atoms with van der Waals surface area (Å²) in [6, 6.07) is 4.94. The number of halogens is 1. The van der Waals surface area contributed by atoms with Crippen LogP contribution in [0.25, 0.3) is 0 Å². The van der Waals surface area contributed by atoms with Crippen molar-refractivity contribution in [3.8, 4) is 0 Å². The predicted octanol–water partition coefficient (Wildman–Crippen LogP) is 4.52. The van der Waals surface area contributed by atoms with Crippen molar-refractivity contribution in [2.45, 2.75) is 33.1 Å². The van der Waals surface area contributed by atoms with Gasteiger partial charge >= 0.3 is 0 Å². The van der Waals surface area contributed by atoms with Crippen LogP contribution in [0.4, 0.5) is 11.4 Å². The third-order valence-electron chi connectivity index (χ3n) is 3.13. The first-order valence-electron chi connectivity index (χ1n) is 7.27. The molecule has 0 aliphatic rings. The monoisotopic (exact) mass is 351 g/mol. The summed E-state index contributed by atoms with van der Waals surface area (Å²) in [5, 5.41) is 8.12. The standard InChI is InChI=1S/C16H18ClN3O2S/c1-4-14(21)18-10-5-6-11(17)12(7-10)19-15(22)16-20-13(8-23-16)9(2)3/h5-9H,4H2,1-3H3,(H,18,21)(H,19,22). The lowest BCUT2D eigenvalue weighted by Gasteiger charge is -2.09. The number of carbonyl (C=O) groups is 2. The number of hydrogen-bond donors (Lipinski definition) is 2. The maximum Gasteiger partial charge on any atom is 0.284 e. The smallest absolute Gasteiger partial charge is 0.284 e. The number of thiazole rings is 1. The molecule has 0 aliphatic carbocycles. The SMILES string of the molecule is CCC(=O)Nc1ccc(Cl)c(NC(=O)c2nc(C(C)C)cs2)c1. The van der Waals surface area contributed by atoms with Crippen LogP contribution in [-0.4, -0.2) is 16.8 Å². The van der Waals surface area contributed by atoms with Crippen LogP contribution in [0.1, 0.15) is 48.6 Å². The number of rotatable bonds is 5. The van der Waals surface area contributed by atoms with Crippen molar-refractivity contribution in [1.82, 2.24) is 4.98 Å². The average Bonchev–Trinajstić information content (AvgIpc) is 3.00. The van der Waals surface area contributed by atoms with Gasteiger partial charge in [-0.15, -0.1) is 11.3 Å². The fourth-order valence-electron chi connectivity index (χ4n) is 1.78. The number of anilines is 2. The number of carbonyl (C=O) groups excluding carboxylic acids is 2. The lowest BCUT2D eigenvalue weighted by atomic mass is 10.2. The van der Waals surface area contributed by atoms with Crippen LogP contribution in [0.15, 0.2) is 23.6 Å². The molecule has 2 rings (SSSR count). The third-order valence-corrected chi connectivity index (χ3v) is 4.32. The number of hydrogen-bond acceptors (Lipinski definition) is 4. The fourth-order valence-corrected chi connectivity index (χ4v) is 2.82. The Morgan fingerprint density at radius 1 is 1.30 bits per heavy atom. The number of aromatic nitrogens is 1. The highest BCUT2D eigenvalue weighted by molar-refractivity contribution is 7.11. The first kappa shape index (κ1) is 17.4. The van der Waals surface area contributed by atoms with E-state index >= 15 is 0 Å². The maximum absolute atomic E-state index is 12.3. The van der Waals surface area contributed by atoms with Gasteiger partial charge in [0.2, 0.25) is 5.91 Å².